The van der Waals surface area contributed by atoms with E-state index in [9.17, 15) is 27.0 Å². The molecule has 0 saturated heterocycles. The van der Waals surface area contributed by atoms with Crippen molar-refractivity contribution in [2.75, 3.05) is 41.7 Å². The average molecular weight is 536 g/mol. The van der Waals surface area contributed by atoms with Crippen LogP contribution in [0.2, 0.25) is 0 Å². The summed E-state index contributed by atoms with van der Waals surface area (Å²) in [5, 5.41) is 23.2. The quantitative estimate of drug-likeness (QED) is 0.175. The van der Waals surface area contributed by atoms with Crippen LogP contribution in [0.3, 0.4) is 0 Å². The van der Waals surface area contributed by atoms with Gasteiger partial charge in [0.15, 0.2) is 0 Å². The molecule has 0 aliphatic rings. The summed E-state index contributed by atoms with van der Waals surface area (Å²) in [6.45, 7) is 0.990. The number of aromatic hydroxyl groups is 1. The van der Waals surface area contributed by atoms with Gasteiger partial charge in [-0.1, -0.05) is 30.3 Å². The molecule has 0 radical (unpaired) electrons. The zero-order valence-electron chi connectivity index (χ0n) is 19.8. The van der Waals surface area contributed by atoms with Crippen LogP contribution < -0.4 is 19.5 Å². The summed E-state index contributed by atoms with van der Waals surface area (Å²) in [5.41, 5.74) is 2.69. The first-order valence-corrected chi connectivity index (χ1v) is 14.7. The number of hydrogen-bond donors (Lipinski definition) is 5. The van der Waals surface area contributed by atoms with Gasteiger partial charge in [-0.3, -0.25) is 9.44 Å². The van der Waals surface area contributed by atoms with Gasteiger partial charge in [0.2, 0.25) is 20.0 Å². The van der Waals surface area contributed by atoms with Crippen LogP contribution >= 0.6 is 0 Å². The second-order valence-corrected chi connectivity index (χ2v) is 11.7. The van der Waals surface area contributed by atoms with Gasteiger partial charge in [0.1, 0.15) is 18.1 Å². The molecular formula is C24H29N3O7S2. The molecule has 0 aliphatic heterocycles. The lowest BCUT2D eigenvalue weighted by molar-refractivity contribution is 0.172. The minimum Gasteiger partial charge on any atom is -0.506 e. The Bertz CT molecular complexity index is 1390. The van der Waals surface area contributed by atoms with Gasteiger partial charge in [0, 0.05) is 18.8 Å². The topological polar surface area (TPSA) is 154 Å². The highest BCUT2D eigenvalue weighted by Gasteiger charge is 2.13. The molecule has 194 valence electrons. The normalized spacial score (nSPS) is 12.6. The van der Waals surface area contributed by atoms with E-state index in [0.29, 0.717) is 30.2 Å². The highest BCUT2D eigenvalue weighted by molar-refractivity contribution is 7.92. The van der Waals surface area contributed by atoms with E-state index in [0.717, 1.165) is 23.6 Å². The molecule has 12 heteroatoms. The van der Waals surface area contributed by atoms with Gasteiger partial charge < -0.3 is 20.3 Å². The van der Waals surface area contributed by atoms with E-state index in [-0.39, 0.29) is 18.0 Å². The molecule has 5 N–H and O–H groups in total. The van der Waals surface area contributed by atoms with Crippen LogP contribution in [0.5, 0.6) is 11.5 Å². The zero-order chi connectivity index (χ0) is 26.3. The SMILES string of the molecule is CS(=O)(=O)Nc1cccc(-c2ccc(OCCNCC(O)c3ccc(O)c(NS(C)(=O)=O)c3)cc2)c1. The molecule has 0 spiro atoms. The van der Waals surface area contributed by atoms with E-state index in [1.165, 1.54) is 18.2 Å². The molecule has 0 amide bonds. The first-order chi connectivity index (χ1) is 16.9. The molecule has 0 aromatic heterocycles. The average Bonchev–Trinajstić information content (AvgIpc) is 2.79. The minimum absolute atomic E-state index is 0.000726. The minimum atomic E-state index is -3.57. The lowest BCUT2D eigenvalue weighted by Gasteiger charge is -2.15. The predicted molar refractivity (Wildman–Crippen MR) is 140 cm³/mol. The van der Waals surface area contributed by atoms with Crippen molar-refractivity contribution in [2.45, 2.75) is 6.10 Å². The third-order valence-corrected chi connectivity index (χ3v) is 6.14. The Morgan fingerprint density at radius 1 is 0.861 bits per heavy atom. The maximum Gasteiger partial charge on any atom is 0.229 e. The summed E-state index contributed by atoms with van der Waals surface area (Å²) in [6.07, 6.45) is 1.16. The first kappa shape index (κ1) is 27.3. The molecular weight excluding hydrogens is 506 g/mol. The van der Waals surface area contributed by atoms with Gasteiger partial charge in [0.25, 0.3) is 0 Å². The molecule has 0 heterocycles. The Morgan fingerprint density at radius 2 is 1.56 bits per heavy atom. The molecule has 1 atom stereocenters. The van der Waals surface area contributed by atoms with Crippen LogP contribution in [0.25, 0.3) is 11.1 Å². The molecule has 10 nitrogen and oxygen atoms in total. The van der Waals surface area contributed by atoms with Crippen LogP contribution in [0.1, 0.15) is 11.7 Å². The van der Waals surface area contributed by atoms with Gasteiger partial charge in [-0.2, -0.15) is 0 Å². The van der Waals surface area contributed by atoms with Crippen LogP contribution in [0, 0.1) is 0 Å². The lowest BCUT2D eigenvalue weighted by atomic mass is 10.1. The smallest absolute Gasteiger partial charge is 0.229 e. The monoisotopic (exact) mass is 535 g/mol. The third-order valence-electron chi connectivity index (χ3n) is 4.94. The number of aliphatic hydroxyl groups excluding tert-OH is 1. The van der Waals surface area contributed by atoms with E-state index in [4.69, 9.17) is 4.74 Å². The fourth-order valence-electron chi connectivity index (χ4n) is 3.36. The molecule has 0 aliphatic carbocycles. The maximum atomic E-state index is 11.4. The van der Waals surface area contributed by atoms with Gasteiger partial charge in [-0.15, -0.1) is 0 Å². The Morgan fingerprint density at radius 3 is 2.22 bits per heavy atom. The number of benzene rings is 3. The summed E-state index contributed by atoms with van der Waals surface area (Å²) in [7, 11) is -6.92. The van der Waals surface area contributed by atoms with Crippen molar-refractivity contribution < 1.29 is 31.8 Å². The molecule has 3 aromatic carbocycles. The summed E-state index contributed by atoms with van der Waals surface area (Å²) < 4.78 is 56.1. The molecule has 0 saturated carbocycles. The van der Waals surface area contributed by atoms with Gasteiger partial charge in [-0.25, -0.2) is 16.8 Å². The Kier molecular flexibility index (Phi) is 8.79. The Hall–Kier alpha value is -3.32. The molecule has 3 rings (SSSR count). The standard InChI is InChI=1S/C24H29N3O7S2/c1-35(30,31)26-20-5-3-4-18(14-20)17-6-9-21(10-7-17)34-13-12-25-16-24(29)19-8-11-23(28)22(15-19)27-36(2,32)33/h3-11,14-15,24-29H,12-13,16H2,1-2H3. The van der Waals surface area contributed by atoms with E-state index in [2.05, 4.69) is 14.8 Å². The van der Waals surface area contributed by atoms with Gasteiger partial charge in [0.05, 0.1) is 24.3 Å². The van der Waals surface area contributed by atoms with Crippen molar-refractivity contribution in [3.63, 3.8) is 0 Å². The van der Waals surface area contributed by atoms with Crippen LogP contribution in [0.15, 0.2) is 66.7 Å². The van der Waals surface area contributed by atoms with Crippen molar-refractivity contribution in [3.05, 3.63) is 72.3 Å². The summed E-state index contributed by atoms with van der Waals surface area (Å²) in [5.74, 6) is 0.420. The third kappa shape index (κ3) is 8.72. The second kappa shape index (κ2) is 11.6. The summed E-state index contributed by atoms with van der Waals surface area (Å²) in [4.78, 5) is 0. The van der Waals surface area contributed by atoms with E-state index in [1.54, 1.807) is 18.2 Å². The van der Waals surface area contributed by atoms with Crippen LogP contribution in [0.4, 0.5) is 11.4 Å². The molecule has 1 unspecified atom stereocenters. The molecule has 3 aromatic rings. The van der Waals surface area contributed by atoms with Crippen molar-refractivity contribution >= 4 is 31.4 Å². The van der Waals surface area contributed by atoms with Crippen molar-refractivity contribution in [3.8, 4) is 22.6 Å². The Labute approximate surface area is 211 Å². The van der Waals surface area contributed by atoms with Crippen molar-refractivity contribution in [1.82, 2.24) is 5.32 Å². The maximum absolute atomic E-state index is 11.4. The van der Waals surface area contributed by atoms with Crippen LogP contribution in [-0.2, 0) is 20.0 Å². The van der Waals surface area contributed by atoms with Gasteiger partial charge >= 0.3 is 0 Å². The van der Waals surface area contributed by atoms with E-state index >= 15 is 0 Å². The Balaban J connectivity index is 1.47. The van der Waals surface area contributed by atoms with Gasteiger partial charge in [-0.05, 0) is 53.1 Å². The number of hydrogen-bond acceptors (Lipinski definition) is 8. The number of nitrogens with one attached hydrogen (secondary N) is 3. The number of phenols is 1. The number of ether oxygens (including phenoxy) is 1. The number of aliphatic hydroxyl groups is 1. The summed E-state index contributed by atoms with van der Waals surface area (Å²) in [6, 6.07) is 18.7. The molecule has 0 bridgehead atoms. The van der Waals surface area contributed by atoms with E-state index in [1.807, 2.05) is 30.3 Å². The number of sulfonamides is 2. The largest absolute Gasteiger partial charge is 0.506 e. The van der Waals surface area contributed by atoms with Crippen molar-refractivity contribution in [2.24, 2.45) is 0 Å². The second-order valence-electron chi connectivity index (χ2n) is 8.20. The lowest BCUT2D eigenvalue weighted by Crippen LogP contribution is -2.26. The van der Waals surface area contributed by atoms with Crippen LogP contribution in [-0.4, -0.2) is 59.3 Å². The fraction of sp³-hybridized carbons (Fsp3) is 0.250. The highest BCUT2D eigenvalue weighted by Crippen LogP contribution is 2.28. The predicted octanol–water partition coefficient (Wildman–Crippen LogP) is 2.50. The van der Waals surface area contributed by atoms with E-state index < -0.39 is 26.2 Å². The highest BCUT2D eigenvalue weighted by atomic mass is 32.2. The number of rotatable bonds is 12. The molecule has 0 fully saturated rings. The zero-order valence-corrected chi connectivity index (χ0v) is 21.4. The first-order valence-electron chi connectivity index (χ1n) is 10.9. The number of anilines is 2. The number of phenolic OH excluding ortho intramolecular Hbond substituents is 1. The van der Waals surface area contributed by atoms with Crippen molar-refractivity contribution in [1.29, 1.82) is 0 Å². The summed E-state index contributed by atoms with van der Waals surface area (Å²) >= 11 is 0. The fourth-order valence-corrected chi connectivity index (χ4v) is 4.48. The molecule has 36 heavy (non-hydrogen) atoms.